The molecule has 1 rings (SSSR count). The van der Waals surface area contributed by atoms with Crippen molar-refractivity contribution in [2.24, 2.45) is 11.1 Å². The first-order valence-electron chi connectivity index (χ1n) is 5.61. The molecule has 0 aromatic heterocycles. The Balaban J connectivity index is 2.83. The maximum Gasteiger partial charge on any atom is 0.252 e. The molecule has 0 heterocycles. The fraction of sp³-hybridized carbons (Fsp3) is 0.462. The van der Waals surface area contributed by atoms with Gasteiger partial charge in [-0.2, -0.15) is 0 Å². The zero-order chi connectivity index (χ0) is 13.1. The quantitative estimate of drug-likeness (QED) is 0.901. The van der Waals surface area contributed by atoms with Crippen molar-refractivity contribution >= 4 is 21.8 Å². The van der Waals surface area contributed by atoms with Crippen LogP contribution in [0.2, 0.25) is 0 Å². The van der Waals surface area contributed by atoms with Gasteiger partial charge in [0.25, 0.3) is 5.91 Å². The Hall–Kier alpha value is -0.870. The number of benzene rings is 1. The topological polar surface area (TPSA) is 55.1 Å². The summed E-state index contributed by atoms with van der Waals surface area (Å²) >= 11 is 3.37. The largest absolute Gasteiger partial charge is 0.347 e. The van der Waals surface area contributed by atoms with Crippen molar-refractivity contribution in [3.8, 4) is 0 Å². The van der Waals surface area contributed by atoms with Gasteiger partial charge in [0.1, 0.15) is 0 Å². The van der Waals surface area contributed by atoms with Gasteiger partial charge in [0.15, 0.2) is 0 Å². The number of hydrogen-bond donors (Lipinski definition) is 2. The summed E-state index contributed by atoms with van der Waals surface area (Å²) in [5.74, 6) is -0.0946. The molecule has 0 spiro atoms. The van der Waals surface area contributed by atoms with E-state index in [1.807, 2.05) is 18.2 Å². The van der Waals surface area contributed by atoms with Crippen molar-refractivity contribution in [1.29, 1.82) is 0 Å². The monoisotopic (exact) mass is 298 g/mol. The summed E-state index contributed by atoms with van der Waals surface area (Å²) in [5, 5.41) is 2.97. The van der Waals surface area contributed by atoms with E-state index in [-0.39, 0.29) is 17.4 Å². The molecule has 1 aromatic rings. The third kappa shape index (κ3) is 3.82. The number of nitrogens with two attached hydrogens (primary N) is 1. The van der Waals surface area contributed by atoms with Crippen LogP contribution < -0.4 is 11.1 Å². The highest BCUT2D eigenvalue weighted by Gasteiger charge is 2.25. The molecular weight excluding hydrogens is 280 g/mol. The van der Waals surface area contributed by atoms with Crippen molar-refractivity contribution in [3.05, 3.63) is 34.3 Å². The van der Waals surface area contributed by atoms with Gasteiger partial charge < -0.3 is 11.1 Å². The summed E-state index contributed by atoms with van der Waals surface area (Å²) in [6.07, 6.45) is 0. The van der Waals surface area contributed by atoms with Gasteiger partial charge in [0.05, 0.1) is 5.56 Å². The molecule has 1 atom stereocenters. The molecule has 1 amide bonds. The first-order chi connectivity index (χ1) is 7.86. The fourth-order valence-electron chi connectivity index (χ4n) is 1.51. The Labute approximate surface area is 111 Å². The van der Waals surface area contributed by atoms with Crippen LogP contribution in [0, 0.1) is 5.41 Å². The second kappa shape index (κ2) is 5.65. The van der Waals surface area contributed by atoms with E-state index < -0.39 is 0 Å². The Bertz CT molecular complexity index is 399. The predicted molar refractivity (Wildman–Crippen MR) is 73.9 cm³/mol. The molecule has 1 unspecified atom stereocenters. The molecule has 3 N–H and O–H groups in total. The predicted octanol–water partition coefficient (Wildman–Crippen LogP) is 2.55. The van der Waals surface area contributed by atoms with Gasteiger partial charge in [0, 0.05) is 17.1 Å². The maximum atomic E-state index is 12.1. The van der Waals surface area contributed by atoms with Crippen molar-refractivity contribution in [3.63, 3.8) is 0 Å². The van der Waals surface area contributed by atoms with E-state index in [4.69, 9.17) is 5.73 Å². The number of nitrogens with one attached hydrogen (secondary N) is 1. The lowest BCUT2D eigenvalue weighted by molar-refractivity contribution is 0.0904. The SMILES string of the molecule is CC(C)(C)C(CN)NC(=O)c1ccccc1Br. The van der Waals surface area contributed by atoms with Crippen LogP contribution in [0.3, 0.4) is 0 Å². The molecule has 0 aliphatic carbocycles. The first-order valence-corrected chi connectivity index (χ1v) is 6.41. The Kier molecular flexibility index (Phi) is 4.71. The molecule has 1 aromatic carbocycles. The third-order valence-corrected chi connectivity index (χ3v) is 3.40. The summed E-state index contributed by atoms with van der Waals surface area (Å²) in [6.45, 7) is 6.61. The second-order valence-electron chi connectivity index (χ2n) is 5.11. The first kappa shape index (κ1) is 14.2. The van der Waals surface area contributed by atoms with Crippen LogP contribution in [0.25, 0.3) is 0 Å². The van der Waals surface area contributed by atoms with Gasteiger partial charge in [-0.1, -0.05) is 32.9 Å². The van der Waals surface area contributed by atoms with Crippen LogP contribution in [0.4, 0.5) is 0 Å². The van der Waals surface area contributed by atoms with Crippen LogP contribution in [0.5, 0.6) is 0 Å². The van der Waals surface area contributed by atoms with Gasteiger partial charge in [-0.3, -0.25) is 4.79 Å². The number of rotatable bonds is 3. The minimum Gasteiger partial charge on any atom is -0.347 e. The average Bonchev–Trinajstić information content (AvgIpc) is 2.24. The highest BCUT2D eigenvalue weighted by atomic mass is 79.9. The zero-order valence-corrected chi connectivity index (χ0v) is 12.0. The van der Waals surface area contributed by atoms with Crippen LogP contribution in [0.15, 0.2) is 28.7 Å². The molecule has 0 saturated heterocycles. The summed E-state index contributed by atoms with van der Waals surface area (Å²) in [5.41, 5.74) is 6.28. The van der Waals surface area contributed by atoms with Crippen LogP contribution in [-0.2, 0) is 0 Å². The molecule has 0 aliphatic rings. The molecule has 17 heavy (non-hydrogen) atoms. The van der Waals surface area contributed by atoms with E-state index in [2.05, 4.69) is 42.0 Å². The van der Waals surface area contributed by atoms with Gasteiger partial charge in [-0.25, -0.2) is 0 Å². The Morgan fingerprint density at radius 2 is 2.00 bits per heavy atom. The fourth-order valence-corrected chi connectivity index (χ4v) is 1.98. The maximum absolute atomic E-state index is 12.1. The normalized spacial score (nSPS) is 13.2. The average molecular weight is 299 g/mol. The summed E-state index contributed by atoms with van der Waals surface area (Å²) < 4.78 is 0.794. The van der Waals surface area contributed by atoms with Crippen LogP contribution >= 0.6 is 15.9 Å². The van der Waals surface area contributed by atoms with E-state index in [0.717, 1.165) is 4.47 Å². The third-order valence-electron chi connectivity index (χ3n) is 2.70. The molecule has 4 heteroatoms. The molecule has 0 bridgehead atoms. The van der Waals surface area contributed by atoms with E-state index in [1.54, 1.807) is 6.07 Å². The number of hydrogen-bond acceptors (Lipinski definition) is 2. The highest BCUT2D eigenvalue weighted by Crippen LogP contribution is 2.20. The van der Waals surface area contributed by atoms with E-state index in [1.165, 1.54) is 0 Å². The van der Waals surface area contributed by atoms with Crippen molar-refractivity contribution in [2.45, 2.75) is 26.8 Å². The lowest BCUT2D eigenvalue weighted by Gasteiger charge is -2.30. The number of carbonyl (C=O) groups is 1. The molecule has 3 nitrogen and oxygen atoms in total. The second-order valence-corrected chi connectivity index (χ2v) is 5.96. The van der Waals surface area contributed by atoms with Gasteiger partial charge in [-0.05, 0) is 33.5 Å². The molecule has 94 valence electrons. The van der Waals surface area contributed by atoms with Crippen molar-refractivity contribution < 1.29 is 4.79 Å². The number of halogens is 1. The van der Waals surface area contributed by atoms with Gasteiger partial charge >= 0.3 is 0 Å². The Morgan fingerprint density at radius 1 is 1.41 bits per heavy atom. The van der Waals surface area contributed by atoms with Crippen LogP contribution in [0.1, 0.15) is 31.1 Å². The minimum atomic E-state index is -0.0946. The molecule has 0 fully saturated rings. The van der Waals surface area contributed by atoms with Gasteiger partial charge in [0.2, 0.25) is 0 Å². The van der Waals surface area contributed by atoms with Crippen molar-refractivity contribution in [1.82, 2.24) is 5.32 Å². The Morgan fingerprint density at radius 3 is 2.47 bits per heavy atom. The van der Waals surface area contributed by atoms with Gasteiger partial charge in [-0.15, -0.1) is 0 Å². The lowest BCUT2D eigenvalue weighted by Crippen LogP contribution is -2.48. The summed E-state index contributed by atoms with van der Waals surface area (Å²) in [4.78, 5) is 12.1. The summed E-state index contributed by atoms with van der Waals surface area (Å²) in [6, 6.07) is 7.32. The lowest BCUT2D eigenvalue weighted by atomic mass is 9.86. The van der Waals surface area contributed by atoms with Crippen LogP contribution in [-0.4, -0.2) is 18.5 Å². The standard InChI is InChI=1S/C13H19BrN2O/c1-13(2,3)11(8-15)16-12(17)9-6-4-5-7-10(9)14/h4-7,11H,8,15H2,1-3H3,(H,16,17). The number of carbonyl (C=O) groups excluding carboxylic acids is 1. The number of amides is 1. The van der Waals surface area contributed by atoms with Crippen molar-refractivity contribution in [2.75, 3.05) is 6.54 Å². The molecule has 0 saturated carbocycles. The summed E-state index contributed by atoms with van der Waals surface area (Å²) in [7, 11) is 0. The van der Waals surface area contributed by atoms with E-state index >= 15 is 0 Å². The smallest absolute Gasteiger partial charge is 0.252 e. The molecule has 0 aliphatic heterocycles. The minimum absolute atomic E-state index is 0.0397. The van der Waals surface area contributed by atoms with E-state index in [0.29, 0.717) is 12.1 Å². The van der Waals surface area contributed by atoms with E-state index in [9.17, 15) is 4.79 Å². The zero-order valence-electron chi connectivity index (χ0n) is 10.5. The highest BCUT2D eigenvalue weighted by molar-refractivity contribution is 9.10. The molecular formula is C13H19BrN2O. The molecule has 0 radical (unpaired) electrons.